The van der Waals surface area contributed by atoms with Crippen molar-refractivity contribution < 1.29 is 4.74 Å². The molecule has 2 aliphatic rings. The Morgan fingerprint density at radius 1 is 1.17 bits per heavy atom. The van der Waals surface area contributed by atoms with Gasteiger partial charge in [0.25, 0.3) is 0 Å². The van der Waals surface area contributed by atoms with Gasteiger partial charge >= 0.3 is 0 Å². The minimum atomic E-state index is 0.0320. The molecule has 1 aliphatic carbocycles. The molecule has 1 aromatic carbocycles. The first-order valence-corrected chi connectivity index (χ1v) is 9.96. The highest BCUT2D eigenvalue weighted by Gasteiger charge is 2.34. The van der Waals surface area contributed by atoms with Crippen LogP contribution in [0.2, 0.25) is 5.02 Å². The maximum Gasteiger partial charge on any atom is 0.0641 e. The zero-order valence-electron chi connectivity index (χ0n) is 15.2. The van der Waals surface area contributed by atoms with Crippen LogP contribution in [-0.2, 0) is 11.2 Å². The van der Waals surface area contributed by atoms with E-state index in [1.54, 1.807) is 0 Å². The first kappa shape index (κ1) is 18.2. The van der Waals surface area contributed by atoms with Crippen LogP contribution in [0.15, 0.2) is 24.3 Å². The average Bonchev–Trinajstić information content (AvgIpc) is 2.97. The van der Waals surface area contributed by atoms with Gasteiger partial charge in [-0.3, -0.25) is 0 Å². The molecule has 1 N–H and O–H groups in total. The highest BCUT2D eigenvalue weighted by Crippen LogP contribution is 2.43. The molecule has 1 saturated carbocycles. The molecule has 3 heteroatoms. The smallest absolute Gasteiger partial charge is 0.0641 e. The van der Waals surface area contributed by atoms with Gasteiger partial charge in [0.1, 0.15) is 0 Å². The number of hydrogen-bond acceptors (Lipinski definition) is 2. The third-order valence-electron chi connectivity index (χ3n) is 5.94. The van der Waals surface area contributed by atoms with E-state index >= 15 is 0 Å². The predicted octanol–water partition coefficient (Wildman–Crippen LogP) is 5.38. The summed E-state index contributed by atoms with van der Waals surface area (Å²) >= 11 is 6.04. The van der Waals surface area contributed by atoms with Gasteiger partial charge in [-0.15, -0.1) is 0 Å². The summed E-state index contributed by atoms with van der Waals surface area (Å²) in [4.78, 5) is 0. The Morgan fingerprint density at radius 2 is 1.88 bits per heavy atom. The largest absolute Gasteiger partial charge is 0.375 e. The second-order valence-corrected chi connectivity index (χ2v) is 8.95. The summed E-state index contributed by atoms with van der Waals surface area (Å²) in [6.07, 6.45) is 10.3. The molecule has 24 heavy (non-hydrogen) atoms. The molecular weight excluding hydrogens is 318 g/mol. The lowest BCUT2D eigenvalue weighted by Gasteiger charge is -2.37. The Kier molecular flexibility index (Phi) is 5.89. The molecule has 1 saturated heterocycles. The first-order valence-electron chi connectivity index (χ1n) is 9.58. The van der Waals surface area contributed by atoms with E-state index in [9.17, 15) is 0 Å². The highest BCUT2D eigenvalue weighted by atomic mass is 35.5. The first-order chi connectivity index (χ1) is 11.5. The van der Waals surface area contributed by atoms with E-state index in [-0.39, 0.29) is 5.60 Å². The highest BCUT2D eigenvalue weighted by molar-refractivity contribution is 6.30. The summed E-state index contributed by atoms with van der Waals surface area (Å²) in [5.41, 5.74) is 1.96. The van der Waals surface area contributed by atoms with E-state index in [0.717, 1.165) is 31.0 Å². The second kappa shape index (κ2) is 7.76. The van der Waals surface area contributed by atoms with Gasteiger partial charge < -0.3 is 10.1 Å². The van der Waals surface area contributed by atoms with Gasteiger partial charge in [-0.05, 0) is 82.0 Å². The molecule has 1 unspecified atom stereocenters. The quantitative estimate of drug-likeness (QED) is 0.744. The predicted molar refractivity (Wildman–Crippen MR) is 102 cm³/mol. The Bertz CT molecular complexity index is 519. The molecule has 1 heterocycles. The van der Waals surface area contributed by atoms with Crippen LogP contribution in [0.3, 0.4) is 0 Å². The Balaban J connectivity index is 1.53. The van der Waals surface area contributed by atoms with Crippen molar-refractivity contribution >= 4 is 11.6 Å². The maximum absolute atomic E-state index is 6.04. The topological polar surface area (TPSA) is 21.3 Å². The van der Waals surface area contributed by atoms with Gasteiger partial charge in [0.15, 0.2) is 0 Å². The molecule has 1 atom stereocenters. The van der Waals surface area contributed by atoms with E-state index < -0.39 is 0 Å². The number of benzene rings is 1. The molecule has 0 radical (unpaired) electrons. The van der Waals surface area contributed by atoms with E-state index in [1.165, 1.54) is 44.1 Å². The Morgan fingerprint density at radius 3 is 2.54 bits per heavy atom. The third-order valence-corrected chi connectivity index (χ3v) is 6.19. The maximum atomic E-state index is 6.04. The van der Waals surface area contributed by atoms with E-state index in [2.05, 4.69) is 31.3 Å². The lowest BCUT2D eigenvalue weighted by Crippen LogP contribution is -2.44. The fraction of sp³-hybridized carbons (Fsp3) is 0.714. The second-order valence-electron chi connectivity index (χ2n) is 8.51. The van der Waals surface area contributed by atoms with Crippen molar-refractivity contribution in [2.24, 2.45) is 5.41 Å². The molecule has 0 spiro atoms. The summed E-state index contributed by atoms with van der Waals surface area (Å²) < 4.78 is 5.83. The third kappa shape index (κ3) is 4.97. The molecule has 3 rings (SSSR count). The van der Waals surface area contributed by atoms with Crippen LogP contribution in [0.25, 0.3) is 0 Å². The Labute approximate surface area is 152 Å². The van der Waals surface area contributed by atoms with Crippen molar-refractivity contribution in [3.8, 4) is 0 Å². The van der Waals surface area contributed by atoms with Crippen molar-refractivity contribution in [1.82, 2.24) is 5.32 Å². The monoisotopic (exact) mass is 349 g/mol. The van der Waals surface area contributed by atoms with Crippen LogP contribution in [-0.4, -0.2) is 24.8 Å². The van der Waals surface area contributed by atoms with E-state index in [0.29, 0.717) is 11.5 Å². The van der Waals surface area contributed by atoms with Crippen LogP contribution in [0.5, 0.6) is 0 Å². The number of hydrogen-bond donors (Lipinski definition) is 1. The summed E-state index contributed by atoms with van der Waals surface area (Å²) in [6.45, 7) is 6.44. The van der Waals surface area contributed by atoms with Gasteiger partial charge in [0.05, 0.1) is 5.60 Å². The van der Waals surface area contributed by atoms with Gasteiger partial charge in [0.2, 0.25) is 0 Å². The minimum absolute atomic E-state index is 0.0320. The summed E-state index contributed by atoms with van der Waals surface area (Å²) in [6, 6.07) is 9.08. The van der Waals surface area contributed by atoms with E-state index in [4.69, 9.17) is 16.3 Å². The van der Waals surface area contributed by atoms with Crippen LogP contribution in [0.1, 0.15) is 64.4 Å². The summed E-state index contributed by atoms with van der Waals surface area (Å²) in [5, 5.41) is 4.66. The van der Waals surface area contributed by atoms with Gasteiger partial charge in [-0.1, -0.05) is 36.6 Å². The lowest BCUT2D eigenvalue weighted by molar-refractivity contribution is -0.0630. The molecule has 2 fully saturated rings. The van der Waals surface area contributed by atoms with Crippen molar-refractivity contribution in [2.75, 3.05) is 13.2 Å². The van der Waals surface area contributed by atoms with Gasteiger partial charge in [-0.25, -0.2) is 0 Å². The molecule has 0 aromatic heterocycles. The zero-order chi connectivity index (χ0) is 17.0. The normalized spacial score (nSPS) is 25.7. The van der Waals surface area contributed by atoms with Crippen LogP contribution in [0, 0.1) is 5.41 Å². The zero-order valence-corrected chi connectivity index (χ0v) is 16.0. The SMILES string of the molecule is CC1(C)CC(NCCC2(Cc3ccc(Cl)cc3)CCCC2)CCO1. The molecular formula is C21H32ClNO. The fourth-order valence-electron chi connectivity index (χ4n) is 4.62. The van der Waals surface area contributed by atoms with Gasteiger partial charge in [0, 0.05) is 17.7 Å². The number of nitrogens with one attached hydrogen (secondary N) is 1. The summed E-state index contributed by atoms with van der Waals surface area (Å²) in [5.74, 6) is 0. The van der Waals surface area contributed by atoms with Crippen molar-refractivity contribution in [3.63, 3.8) is 0 Å². The number of rotatable bonds is 6. The number of ether oxygens (including phenoxy) is 1. The standard InChI is InChI=1S/C21H32ClNO/c1-20(2)16-19(9-14-24-20)23-13-12-21(10-3-4-11-21)15-17-5-7-18(22)8-6-17/h5-8,19,23H,3-4,9-16H2,1-2H3. The van der Waals surface area contributed by atoms with E-state index in [1.807, 2.05) is 12.1 Å². The van der Waals surface area contributed by atoms with Crippen molar-refractivity contribution in [3.05, 3.63) is 34.9 Å². The van der Waals surface area contributed by atoms with Crippen molar-refractivity contribution in [2.45, 2.75) is 76.9 Å². The number of halogens is 1. The lowest BCUT2D eigenvalue weighted by atomic mass is 9.77. The molecule has 134 valence electrons. The minimum Gasteiger partial charge on any atom is -0.375 e. The van der Waals surface area contributed by atoms with Crippen LogP contribution in [0.4, 0.5) is 0 Å². The average molecular weight is 350 g/mol. The van der Waals surface area contributed by atoms with Crippen molar-refractivity contribution in [1.29, 1.82) is 0 Å². The molecule has 1 aromatic rings. The molecule has 2 nitrogen and oxygen atoms in total. The summed E-state index contributed by atoms with van der Waals surface area (Å²) in [7, 11) is 0. The molecule has 1 aliphatic heterocycles. The molecule has 0 amide bonds. The fourth-order valence-corrected chi connectivity index (χ4v) is 4.75. The van der Waals surface area contributed by atoms with Gasteiger partial charge in [-0.2, -0.15) is 0 Å². The molecule has 0 bridgehead atoms. The van der Waals surface area contributed by atoms with Crippen LogP contribution < -0.4 is 5.32 Å². The van der Waals surface area contributed by atoms with Crippen LogP contribution >= 0.6 is 11.6 Å². The Hall–Kier alpha value is -0.570.